The molecule has 0 aliphatic rings. The third kappa shape index (κ3) is 6.69. The summed E-state index contributed by atoms with van der Waals surface area (Å²) < 4.78 is 90.5. The zero-order valence-corrected chi connectivity index (χ0v) is 16.5. The molecular weight excluding hydrogens is 382 g/mol. The molecule has 1 atom stereocenters. The van der Waals surface area contributed by atoms with Crippen molar-refractivity contribution in [2.75, 3.05) is 11.1 Å². The highest BCUT2D eigenvalue weighted by Gasteiger charge is 2.08. The second kappa shape index (κ2) is 10.2. The van der Waals surface area contributed by atoms with Crippen LogP contribution in [0.25, 0.3) is 0 Å². The van der Waals surface area contributed by atoms with Gasteiger partial charge in [0, 0.05) is 13.8 Å². The second-order valence-corrected chi connectivity index (χ2v) is 7.02. The summed E-state index contributed by atoms with van der Waals surface area (Å²) >= 11 is 1.13. The van der Waals surface area contributed by atoms with E-state index in [1.54, 1.807) is 5.38 Å². The number of anilines is 2. The average Bonchev–Trinajstić information content (AvgIpc) is 3.26. The molecule has 1 heterocycles. The van der Waals surface area contributed by atoms with E-state index < -0.39 is 96.4 Å². The summed E-state index contributed by atoms with van der Waals surface area (Å²) in [5, 5.41) is 14.9. The van der Waals surface area contributed by atoms with Gasteiger partial charge in [-0.1, -0.05) is 48.2 Å². The Morgan fingerprint density at radius 3 is 2.66 bits per heavy atom. The van der Waals surface area contributed by atoms with Crippen LogP contribution >= 0.6 is 11.3 Å². The molecule has 0 saturated carbocycles. The van der Waals surface area contributed by atoms with Crippen molar-refractivity contribution in [3.8, 4) is 0 Å². The predicted molar refractivity (Wildman–Crippen MR) is 119 cm³/mol. The van der Waals surface area contributed by atoms with Gasteiger partial charge in [0.15, 0.2) is 5.13 Å². The number of nitrogens with zero attached hydrogens (tertiary/aromatic N) is 1. The molecule has 29 heavy (non-hydrogen) atoms. The van der Waals surface area contributed by atoms with Gasteiger partial charge in [0.2, 0.25) is 5.91 Å². The summed E-state index contributed by atoms with van der Waals surface area (Å²) in [7, 11) is 0. The molecule has 0 fully saturated rings. The topological polar surface area (TPSA) is 88.2 Å². The Labute approximate surface area is 191 Å². The van der Waals surface area contributed by atoms with Gasteiger partial charge in [-0.05, 0) is 49.4 Å². The minimum absolute atomic E-state index is 0.0571. The third-order valence-electron chi connectivity index (χ3n) is 3.73. The lowest BCUT2D eigenvalue weighted by Gasteiger charge is -2.11. The maximum atomic E-state index is 12.4. The van der Waals surface area contributed by atoms with E-state index >= 15 is 0 Å². The fourth-order valence-corrected chi connectivity index (χ4v) is 2.89. The van der Waals surface area contributed by atoms with E-state index in [4.69, 9.17) is 20.8 Å². The molecule has 1 amide bonds. The first-order chi connectivity index (χ1) is 18.4. The monoisotopic (exact) mass is 420 g/mol. The Bertz CT molecular complexity index is 1420. The smallest absolute Gasteiger partial charge is 0.230 e. The molecule has 2 aromatic carbocycles. The number of nitrogens with one attached hydrogen (secondary N) is 1. The van der Waals surface area contributed by atoms with Crippen LogP contribution in [0.3, 0.4) is 0 Å². The molecule has 0 radical (unpaired) electrons. The lowest BCUT2D eigenvalue weighted by Crippen LogP contribution is -2.14. The Morgan fingerprint density at radius 2 is 2.00 bits per heavy atom. The van der Waals surface area contributed by atoms with Gasteiger partial charge in [-0.2, -0.15) is 0 Å². The predicted octanol–water partition coefficient (Wildman–Crippen LogP) is 4.66. The van der Waals surface area contributed by atoms with Crippen molar-refractivity contribution in [3.63, 3.8) is 0 Å². The maximum absolute atomic E-state index is 12.4. The van der Waals surface area contributed by atoms with Gasteiger partial charge in [-0.25, -0.2) is 4.98 Å². The SMILES string of the molecule is [2H]c1c([2H])c([C@@]([2H])(O)CCCC([2H])([2H])c2c([2H])c([2H])c(NC(=O)Cc3csc(N)n3)c([2H])c2[2H])c([2H])c([2H])c1C. The fraction of sp³-hybridized carbons (Fsp3) is 0.304. The number of amides is 1. The van der Waals surface area contributed by atoms with Gasteiger partial charge in [0.05, 0.1) is 30.5 Å². The number of rotatable bonds is 9. The molecule has 3 rings (SSSR count). The van der Waals surface area contributed by atoms with Crippen LogP contribution in [0.2, 0.25) is 0 Å². The normalized spacial score (nSPS) is 18.9. The molecule has 6 heteroatoms. The van der Waals surface area contributed by atoms with Crippen LogP contribution in [-0.4, -0.2) is 16.0 Å². The highest BCUT2D eigenvalue weighted by atomic mass is 32.1. The van der Waals surface area contributed by atoms with Crippen LogP contribution in [0, 0.1) is 6.92 Å². The number of aliphatic hydroxyl groups is 1. The van der Waals surface area contributed by atoms with E-state index in [0.29, 0.717) is 5.69 Å². The number of thiazole rings is 1. The minimum Gasteiger partial charge on any atom is -0.388 e. The zero-order valence-electron chi connectivity index (χ0n) is 26.7. The van der Waals surface area contributed by atoms with Crippen molar-refractivity contribution in [1.29, 1.82) is 0 Å². The molecule has 0 aliphatic carbocycles. The molecule has 0 unspecified atom stereocenters. The first-order valence-corrected chi connectivity index (χ1v) is 9.69. The van der Waals surface area contributed by atoms with E-state index in [2.05, 4.69) is 10.3 Å². The van der Waals surface area contributed by atoms with E-state index in [1.165, 1.54) is 6.92 Å². The largest absolute Gasteiger partial charge is 0.388 e. The summed E-state index contributed by atoms with van der Waals surface area (Å²) in [5.74, 6) is -0.665. The first kappa shape index (κ1) is 10.9. The molecule has 4 N–H and O–H groups in total. The number of carbonyl (C=O) groups is 1. The Hall–Kier alpha value is -2.70. The Kier molecular flexibility index (Phi) is 3.83. The summed E-state index contributed by atoms with van der Waals surface area (Å²) in [5.41, 5.74) is 4.42. The Balaban J connectivity index is 1.83. The molecule has 0 spiro atoms. The van der Waals surface area contributed by atoms with Crippen LogP contribution in [0.4, 0.5) is 10.8 Å². The lowest BCUT2D eigenvalue weighted by molar-refractivity contribution is -0.115. The van der Waals surface area contributed by atoms with E-state index in [9.17, 15) is 9.90 Å². The zero-order chi connectivity index (χ0) is 30.3. The number of hydrogen-bond acceptors (Lipinski definition) is 5. The van der Waals surface area contributed by atoms with Crippen molar-refractivity contribution in [2.24, 2.45) is 0 Å². The molecule has 0 aliphatic heterocycles. The number of aromatic nitrogens is 1. The highest BCUT2D eigenvalue weighted by molar-refractivity contribution is 7.13. The van der Waals surface area contributed by atoms with E-state index in [0.717, 1.165) is 11.3 Å². The molecule has 152 valence electrons. The lowest BCUT2D eigenvalue weighted by atomic mass is 10.0. The van der Waals surface area contributed by atoms with Crippen LogP contribution in [-0.2, 0) is 17.6 Å². The summed E-state index contributed by atoms with van der Waals surface area (Å²) in [6.07, 6.45) is -6.47. The molecule has 5 nitrogen and oxygen atoms in total. The van der Waals surface area contributed by atoms with Crippen molar-refractivity contribution < 1.29 is 25.0 Å². The number of nitrogen functional groups attached to an aromatic ring is 1. The number of hydrogen-bond donors (Lipinski definition) is 3. The van der Waals surface area contributed by atoms with Crippen LogP contribution < -0.4 is 11.1 Å². The third-order valence-corrected chi connectivity index (χ3v) is 4.45. The van der Waals surface area contributed by atoms with Crippen LogP contribution in [0.5, 0.6) is 0 Å². The van der Waals surface area contributed by atoms with Crippen molar-refractivity contribution in [3.05, 3.63) is 76.1 Å². The minimum atomic E-state index is -2.59. The standard InChI is InChI=1S/C23H27N3O2S/c1-16-6-10-18(11-7-16)21(27)5-3-2-4-17-8-12-19(13-9-17)25-22(28)14-20-15-29-23(24)26-20/h6-13,15,21,27H,2-5,14H2,1H3,(H2,24,26)(H,25,28)/t21-/m0/s1/i4D2,6D,7D,8D,9D,10D,11D,12D,13D,21D. The molecule has 3 aromatic rings. The van der Waals surface area contributed by atoms with Crippen LogP contribution in [0.15, 0.2) is 53.7 Å². The average molecular weight is 421 g/mol. The highest BCUT2D eigenvalue weighted by Crippen LogP contribution is 2.21. The number of carbonyl (C=O) groups excluding carboxylic acids is 1. The summed E-state index contributed by atoms with van der Waals surface area (Å²) in [6.45, 7) is 1.38. The fourth-order valence-electron chi connectivity index (χ4n) is 2.33. The molecular formula is C23H27N3O2S. The van der Waals surface area contributed by atoms with Crippen molar-refractivity contribution in [2.45, 2.75) is 45.1 Å². The van der Waals surface area contributed by atoms with Gasteiger partial charge < -0.3 is 16.2 Å². The van der Waals surface area contributed by atoms with Crippen molar-refractivity contribution in [1.82, 2.24) is 4.98 Å². The Morgan fingerprint density at radius 1 is 1.28 bits per heavy atom. The van der Waals surface area contributed by atoms with Gasteiger partial charge in [-0.15, -0.1) is 11.3 Å². The second-order valence-electron chi connectivity index (χ2n) is 6.13. The van der Waals surface area contributed by atoms with Gasteiger partial charge >= 0.3 is 0 Å². The van der Waals surface area contributed by atoms with Gasteiger partial charge in [0.25, 0.3) is 0 Å². The molecule has 0 bridgehead atoms. The summed E-state index contributed by atoms with van der Waals surface area (Å²) in [6, 6.07) is -4.69. The summed E-state index contributed by atoms with van der Waals surface area (Å²) in [4.78, 5) is 16.4. The van der Waals surface area contributed by atoms with Crippen LogP contribution in [0.1, 0.15) is 62.8 Å². The quantitative estimate of drug-likeness (QED) is 0.470. The van der Waals surface area contributed by atoms with E-state index in [-0.39, 0.29) is 23.5 Å². The first-order valence-electron chi connectivity index (χ1n) is 14.3. The molecule has 1 aromatic heterocycles. The maximum Gasteiger partial charge on any atom is 0.230 e. The molecule has 0 saturated heterocycles. The number of nitrogens with two attached hydrogens (primary N) is 1. The van der Waals surface area contributed by atoms with Gasteiger partial charge in [-0.3, -0.25) is 4.79 Å². The van der Waals surface area contributed by atoms with Crippen molar-refractivity contribution >= 4 is 28.1 Å². The van der Waals surface area contributed by atoms with E-state index in [1.807, 2.05) is 0 Å². The van der Waals surface area contributed by atoms with Gasteiger partial charge in [0.1, 0.15) is 0 Å². The number of benzene rings is 2.